The van der Waals surface area contributed by atoms with Crippen molar-refractivity contribution >= 4 is 34.7 Å². The van der Waals surface area contributed by atoms with Crippen LogP contribution in [0.15, 0.2) is 30.3 Å². The monoisotopic (exact) mass is 535 g/mol. The summed E-state index contributed by atoms with van der Waals surface area (Å²) in [6, 6.07) is 8.67. The molecule has 6 N–H and O–H groups in total. The summed E-state index contributed by atoms with van der Waals surface area (Å²) in [7, 11) is 0. The minimum atomic E-state index is -0.421. The number of thiophene rings is 1. The van der Waals surface area contributed by atoms with Gasteiger partial charge in [0.15, 0.2) is 5.78 Å². The number of ether oxygens (including phenoxy) is 1. The van der Waals surface area contributed by atoms with Gasteiger partial charge in [-0.2, -0.15) is 5.10 Å². The van der Waals surface area contributed by atoms with Gasteiger partial charge in [-0.25, -0.2) is 9.80 Å². The second kappa shape index (κ2) is 10.3. The lowest BCUT2D eigenvalue weighted by Gasteiger charge is -2.27. The molecular formula is C26H29N7O4S. The van der Waals surface area contributed by atoms with E-state index in [2.05, 4.69) is 26.3 Å². The van der Waals surface area contributed by atoms with Crippen molar-refractivity contribution in [2.24, 2.45) is 5.73 Å². The number of nitrogens with one attached hydrogen (secondary N) is 4. The van der Waals surface area contributed by atoms with Gasteiger partial charge in [0, 0.05) is 30.7 Å². The highest BCUT2D eigenvalue weighted by Gasteiger charge is 2.35. The van der Waals surface area contributed by atoms with Crippen LogP contribution in [0.4, 0.5) is 10.5 Å². The van der Waals surface area contributed by atoms with Gasteiger partial charge >= 0.3 is 6.03 Å². The number of nitrogens with two attached hydrogens (primary N) is 1. The molecule has 3 amide bonds. The minimum absolute atomic E-state index is 0.0777. The zero-order valence-electron chi connectivity index (χ0n) is 20.7. The molecule has 2 unspecified atom stereocenters. The van der Waals surface area contributed by atoms with Crippen LogP contribution in [0.2, 0.25) is 0 Å². The fourth-order valence-electron chi connectivity index (χ4n) is 5.34. The van der Waals surface area contributed by atoms with Crippen molar-refractivity contribution in [3.8, 4) is 21.8 Å². The zero-order valence-corrected chi connectivity index (χ0v) is 21.5. The van der Waals surface area contributed by atoms with Crippen molar-refractivity contribution < 1.29 is 19.1 Å². The summed E-state index contributed by atoms with van der Waals surface area (Å²) in [5.74, 6) is -0.364. The van der Waals surface area contributed by atoms with Gasteiger partial charge in [-0.15, -0.1) is 11.3 Å². The molecule has 0 bridgehead atoms. The van der Waals surface area contributed by atoms with Gasteiger partial charge in [-0.05, 0) is 43.9 Å². The quantitative estimate of drug-likeness (QED) is 0.263. The molecule has 1 aromatic carbocycles. The van der Waals surface area contributed by atoms with E-state index in [0.717, 1.165) is 25.7 Å². The van der Waals surface area contributed by atoms with Crippen molar-refractivity contribution in [1.29, 1.82) is 0 Å². The van der Waals surface area contributed by atoms with Crippen molar-refractivity contribution in [2.45, 2.75) is 37.8 Å². The van der Waals surface area contributed by atoms with Crippen LogP contribution in [0.3, 0.4) is 0 Å². The molecule has 3 aliphatic rings. The summed E-state index contributed by atoms with van der Waals surface area (Å²) >= 11 is 1.30. The molecular weight excluding hydrogens is 506 g/mol. The van der Waals surface area contributed by atoms with Crippen molar-refractivity contribution in [3.05, 3.63) is 46.3 Å². The third kappa shape index (κ3) is 4.71. The van der Waals surface area contributed by atoms with E-state index < -0.39 is 6.03 Å². The number of ketones is 1. The van der Waals surface area contributed by atoms with Gasteiger partial charge in [0.25, 0.3) is 5.91 Å². The summed E-state index contributed by atoms with van der Waals surface area (Å²) in [6.07, 6.45) is 3.71. The van der Waals surface area contributed by atoms with E-state index in [1.165, 1.54) is 11.3 Å². The fourth-order valence-corrected chi connectivity index (χ4v) is 6.25. The van der Waals surface area contributed by atoms with E-state index in [4.69, 9.17) is 10.5 Å². The first-order valence-electron chi connectivity index (χ1n) is 12.8. The number of urea groups is 1. The number of aromatic amines is 1. The first-order chi connectivity index (χ1) is 18.5. The van der Waals surface area contributed by atoms with Crippen LogP contribution in [0.25, 0.3) is 21.8 Å². The standard InChI is InChI=1S/C26H29N7O4S/c27-14-3-1-4-15(13-14)28-25(35)19-8-7-18(38-19)23-21-22(30-31-23)16-5-2-6-17(20(16)24(21)34)29-26(36)32-33-9-11-37-12-10-33/h2,5-8,14-15H,1,3-4,9-13,27H2,(H,28,35)(H,30,31)(H2,29,32,36). The molecule has 1 aliphatic heterocycles. The number of nitrogens with zero attached hydrogens (tertiary/aromatic N) is 2. The maximum absolute atomic E-state index is 13.6. The summed E-state index contributed by atoms with van der Waals surface area (Å²) < 4.78 is 5.31. The Hall–Kier alpha value is -3.58. The lowest BCUT2D eigenvalue weighted by atomic mass is 9.91. The summed E-state index contributed by atoms with van der Waals surface area (Å²) in [5.41, 5.74) is 11.9. The summed E-state index contributed by atoms with van der Waals surface area (Å²) in [5, 5.41) is 15.1. The molecule has 3 heterocycles. The van der Waals surface area contributed by atoms with E-state index in [1.807, 2.05) is 12.1 Å². The second-order valence-electron chi connectivity index (χ2n) is 9.81. The first-order valence-corrected chi connectivity index (χ1v) is 13.6. The van der Waals surface area contributed by atoms with Crippen molar-refractivity contribution in [1.82, 2.24) is 25.9 Å². The average Bonchev–Trinajstić information content (AvgIpc) is 3.62. The van der Waals surface area contributed by atoms with Crippen LogP contribution in [0, 0.1) is 0 Å². The molecule has 6 rings (SSSR count). The van der Waals surface area contributed by atoms with Crippen LogP contribution < -0.4 is 21.8 Å². The average molecular weight is 536 g/mol. The Kier molecular flexibility index (Phi) is 6.70. The Labute approximate surface area is 223 Å². The van der Waals surface area contributed by atoms with Crippen molar-refractivity contribution in [3.63, 3.8) is 0 Å². The minimum Gasteiger partial charge on any atom is -0.379 e. The molecule has 0 radical (unpaired) electrons. The lowest BCUT2D eigenvalue weighted by molar-refractivity contribution is 0.0207. The predicted molar refractivity (Wildman–Crippen MR) is 143 cm³/mol. The molecule has 0 spiro atoms. The van der Waals surface area contributed by atoms with Crippen LogP contribution >= 0.6 is 11.3 Å². The highest BCUT2D eigenvalue weighted by molar-refractivity contribution is 7.17. The van der Waals surface area contributed by atoms with Gasteiger partial charge < -0.3 is 21.1 Å². The number of rotatable bonds is 5. The van der Waals surface area contributed by atoms with E-state index in [0.29, 0.717) is 69.8 Å². The molecule has 198 valence electrons. The normalized spacial score (nSPS) is 21.0. The zero-order chi connectivity index (χ0) is 26.2. The van der Waals surface area contributed by atoms with Crippen LogP contribution in [-0.2, 0) is 4.74 Å². The maximum atomic E-state index is 13.6. The van der Waals surface area contributed by atoms with Crippen LogP contribution in [-0.4, -0.2) is 71.3 Å². The molecule has 1 saturated heterocycles. The number of hydrogen-bond donors (Lipinski definition) is 5. The molecule has 2 aromatic heterocycles. The number of anilines is 1. The Balaban J connectivity index is 1.20. The summed E-state index contributed by atoms with van der Waals surface area (Å²) in [6.45, 7) is 2.28. The fraction of sp³-hybridized carbons (Fsp3) is 0.385. The van der Waals surface area contributed by atoms with Gasteiger partial charge in [-0.1, -0.05) is 12.1 Å². The Bertz CT molecular complexity index is 1390. The number of morpholine rings is 1. The predicted octanol–water partition coefficient (Wildman–Crippen LogP) is 2.72. The topological polar surface area (TPSA) is 154 Å². The number of H-pyrrole nitrogens is 1. The Morgan fingerprint density at radius 2 is 1.97 bits per heavy atom. The van der Waals surface area contributed by atoms with E-state index in [-0.39, 0.29) is 23.8 Å². The van der Waals surface area contributed by atoms with Gasteiger partial charge in [-0.3, -0.25) is 20.1 Å². The number of aromatic nitrogens is 2. The first kappa shape index (κ1) is 24.7. The van der Waals surface area contributed by atoms with Crippen LogP contribution in [0.5, 0.6) is 0 Å². The Morgan fingerprint density at radius 3 is 2.79 bits per heavy atom. The third-order valence-corrected chi connectivity index (χ3v) is 8.28. The number of carbonyl (C=O) groups is 3. The smallest absolute Gasteiger partial charge is 0.333 e. The molecule has 1 saturated carbocycles. The molecule has 2 atom stereocenters. The van der Waals surface area contributed by atoms with E-state index >= 15 is 0 Å². The number of amides is 3. The van der Waals surface area contributed by atoms with E-state index in [9.17, 15) is 14.4 Å². The highest BCUT2D eigenvalue weighted by atomic mass is 32.1. The van der Waals surface area contributed by atoms with Gasteiger partial charge in [0.1, 0.15) is 5.69 Å². The number of fused-ring (bicyclic) bond motifs is 3. The number of benzene rings is 1. The maximum Gasteiger partial charge on any atom is 0.333 e. The summed E-state index contributed by atoms with van der Waals surface area (Å²) in [4.78, 5) is 40.4. The van der Waals surface area contributed by atoms with Gasteiger partial charge in [0.2, 0.25) is 0 Å². The second-order valence-corrected chi connectivity index (χ2v) is 10.9. The SMILES string of the molecule is NC1CCCC(NC(=O)c2ccc(-c3n[nH]c4c3C(=O)c3c(NC(=O)NN5CCOCC5)cccc3-4)s2)C1. The largest absolute Gasteiger partial charge is 0.379 e. The van der Waals surface area contributed by atoms with Gasteiger partial charge in [0.05, 0.1) is 45.5 Å². The molecule has 38 heavy (non-hydrogen) atoms. The number of hydrazine groups is 1. The molecule has 11 nitrogen and oxygen atoms in total. The molecule has 12 heteroatoms. The molecule has 2 aliphatic carbocycles. The molecule has 3 aromatic rings. The molecule has 2 fully saturated rings. The number of hydrogen-bond acceptors (Lipinski definition) is 8. The number of carbonyl (C=O) groups excluding carboxylic acids is 3. The third-order valence-electron chi connectivity index (χ3n) is 7.19. The van der Waals surface area contributed by atoms with E-state index in [1.54, 1.807) is 23.2 Å². The lowest BCUT2D eigenvalue weighted by Crippen LogP contribution is -2.49. The Morgan fingerprint density at radius 1 is 1.13 bits per heavy atom. The highest BCUT2D eigenvalue weighted by Crippen LogP contribution is 2.44. The van der Waals surface area contributed by atoms with Crippen molar-refractivity contribution in [2.75, 3.05) is 31.6 Å². The van der Waals surface area contributed by atoms with Crippen LogP contribution in [0.1, 0.15) is 51.3 Å².